The Hall–Kier alpha value is -0.470. The highest BCUT2D eigenvalue weighted by molar-refractivity contribution is 9.10. The molecular formula is C14H18BrO5S-. The minimum Gasteiger partial charge on any atom is -0.772 e. The van der Waals surface area contributed by atoms with Gasteiger partial charge in [0, 0.05) is 6.61 Å². The number of methoxy groups -OCH3 is 1. The monoisotopic (exact) mass is 377 g/mol. The molecule has 0 bridgehead atoms. The van der Waals surface area contributed by atoms with Crippen LogP contribution in [0.15, 0.2) is 22.7 Å². The quantitative estimate of drug-likeness (QED) is 0.712. The lowest BCUT2D eigenvalue weighted by atomic mass is 10.1. The van der Waals surface area contributed by atoms with E-state index in [9.17, 15) is 8.76 Å². The van der Waals surface area contributed by atoms with Crippen molar-refractivity contribution in [3.05, 3.63) is 28.2 Å². The smallest absolute Gasteiger partial charge is 0.157 e. The summed E-state index contributed by atoms with van der Waals surface area (Å²) in [6, 6.07) is 5.28. The third kappa shape index (κ3) is 4.50. The number of halogens is 1. The molecule has 0 aliphatic carbocycles. The van der Waals surface area contributed by atoms with Gasteiger partial charge < -0.3 is 18.8 Å². The van der Waals surface area contributed by atoms with Crippen molar-refractivity contribution in [2.45, 2.75) is 30.8 Å². The predicted molar refractivity (Wildman–Crippen MR) is 81.9 cm³/mol. The Morgan fingerprint density at radius 3 is 2.95 bits per heavy atom. The van der Waals surface area contributed by atoms with E-state index in [1.165, 1.54) is 0 Å². The molecule has 21 heavy (non-hydrogen) atoms. The molecule has 1 fully saturated rings. The second-order valence-corrected chi connectivity index (χ2v) is 6.63. The van der Waals surface area contributed by atoms with Crippen molar-refractivity contribution in [2.24, 2.45) is 0 Å². The summed E-state index contributed by atoms with van der Waals surface area (Å²) in [7, 11) is 1.54. The molecule has 3 atom stereocenters. The Kier molecular flexibility index (Phi) is 6.63. The van der Waals surface area contributed by atoms with Crippen LogP contribution >= 0.6 is 15.9 Å². The van der Waals surface area contributed by atoms with Gasteiger partial charge in [-0.2, -0.15) is 0 Å². The lowest BCUT2D eigenvalue weighted by molar-refractivity contribution is -0.162. The zero-order valence-corrected chi connectivity index (χ0v) is 14.2. The molecule has 1 heterocycles. The number of hydrogen-bond donors (Lipinski definition) is 0. The normalized spacial score (nSPS) is 21.8. The Morgan fingerprint density at radius 2 is 2.33 bits per heavy atom. The maximum atomic E-state index is 11.5. The van der Waals surface area contributed by atoms with E-state index >= 15 is 0 Å². The number of rotatable bonds is 6. The fourth-order valence-electron chi connectivity index (χ4n) is 2.22. The third-order valence-corrected chi connectivity index (χ3v) is 5.07. The van der Waals surface area contributed by atoms with Crippen LogP contribution in [0.5, 0.6) is 5.75 Å². The van der Waals surface area contributed by atoms with Gasteiger partial charge in [0.25, 0.3) is 0 Å². The summed E-state index contributed by atoms with van der Waals surface area (Å²) in [4.78, 5) is 0. The Bertz CT molecular complexity index is 490. The van der Waals surface area contributed by atoms with Crippen molar-refractivity contribution in [3.8, 4) is 5.75 Å². The molecule has 1 aromatic carbocycles. The molecule has 1 saturated heterocycles. The van der Waals surface area contributed by atoms with E-state index in [1.54, 1.807) is 25.3 Å². The fourth-order valence-corrected chi connectivity index (χ4v) is 3.67. The fraction of sp³-hybridized carbons (Fsp3) is 0.571. The molecule has 0 aromatic heterocycles. The van der Waals surface area contributed by atoms with Crippen molar-refractivity contribution in [1.82, 2.24) is 0 Å². The largest absolute Gasteiger partial charge is 0.772 e. The lowest BCUT2D eigenvalue weighted by Gasteiger charge is -2.27. The molecule has 5 nitrogen and oxygen atoms in total. The SMILES string of the molecule is COc1cccc(C(COC2CCCCO2)S(=O)[O-])c1Br. The molecule has 118 valence electrons. The van der Waals surface area contributed by atoms with Gasteiger partial charge in [-0.3, -0.25) is 4.21 Å². The number of ether oxygens (including phenoxy) is 3. The van der Waals surface area contributed by atoms with Crippen LogP contribution in [0.25, 0.3) is 0 Å². The van der Waals surface area contributed by atoms with Gasteiger partial charge >= 0.3 is 0 Å². The first-order valence-electron chi connectivity index (χ1n) is 6.77. The van der Waals surface area contributed by atoms with Crippen LogP contribution in [0.3, 0.4) is 0 Å². The second-order valence-electron chi connectivity index (χ2n) is 4.74. The van der Waals surface area contributed by atoms with E-state index < -0.39 is 16.3 Å². The minimum absolute atomic E-state index is 0.0620. The van der Waals surface area contributed by atoms with Crippen LogP contribution < -0.4 is 4.74 Å². The van der Waals surface area contributed by atoms with E-state index in [0.717, 1.165) is 19.3 Å². The molecule has 0 N–H and O–H groups in total. The first-order chi connectivity index (χ1) is 10.1. The molecular weight excluding hydrogens is 360 g/mol. The first kappa shape index (κ1) is 16.9. The molecule has 0 radical (unpaired) electrons. The summed E-state index contributed by atoms with van der Waals surface area (Å²) in [6.07, 6.45) is 2.56. The van der Waals surface area contributed by atoms with Crippen molar-refractivity contribution >= 4 is 27.0 Å². The molecule has 2 rings (SSSR count). The minimum atomic E-state index is -2.30. The predicted octanol–water partition coefficient (Wildman–Crippen LogP) is 2.92. The highest BCUT2D eigenvalue weighted by atomic mass is 79.9. The third-order valence-electron chi connectivity index (χ3n) is 3.36. The Labute approximate surface area is 135 Å². The van der Waals surface area contributed by atoms with Crippen LogP contribution in [0.1, 0.15) is 30.1 Å². The van der Waals surface area contributed by atoms with E-state index in [4.69, 9.17) is 14.2 Å². The van der Waals surface area contributed by atoms with Crippen molar-refractivity contribution in [2.75, 3.05) is 20.3 Å². The van der Waals surface area contributed by atoms with Gasteiger partial charge in [0.2, 0.25) is 0 Å². The standard InChI is InChI=1S/C14H19BrO5S/c1-18-11-6-4-5-10(14(11)15)12(21(16)17)9-20-13-7-2-3-8-19-13/h4-6,12-13H,2-3,7-9H2,1H3,(H,16,17)/p-1. The average Bonchev–Trinajstić information content (AvgIpc) is 2.49. The zero-order valence-electron chi connectivity index (χ0n) is 11.7. The molecule has 0 amide bonds. The van der Waals surface area contributed by atoms with Crippen LogP contribution in [-0.2, 0) is 20.6 Å². The van der Waals surface area contributed by atoms with E-state index in [1.807, 2.05) is 0 Å². The first-order valence-corrected chi connectivity index (χ1v) is 8.70. The maximum absolute atomic E-state index is 11.5. The topological polar surface area (TPSA) is 67.8 Å². The van der Waals surface area contributed by atoms with E-state index in [-0.39, 0.29) is 12.9 Å². The molecule has 7 heteroatoms. The van der Waals surface area contributed by atoms with Gasteiger partial charge in [0.05, 0.1) is 23.4 Å². The van der Waals surface area contributed by atoms with Crippen LogP contribution in [-0.4, -0.2) is 35.4 Å². The van der Waals surface area contributed by atoms with Crippen molar-refractivity contribution < 1.29 is 23.0 Å². The highest BCUT2D eigenvalue weighted by Crippen LogP contribution is 2.34. The summed E-state index contributed by atoms with van der Waals surface area (Å²) in [5.74, 6) is 0.594. The summed E-state index contributed by atoms with van der Waals surface area (Å²) < 4.78 is 40.0. The highest BCUT2D eigenvalue weighted by Gasteiger charge is 2.21. The van der Waals surface area contributed by atoms with Gasteiger partial charge in [-0.05, 0) is 57.9 Å². The maximum Gasteiger partial charge on any atom is 0.157 e. The summed E-state index contributed by atoms with van der Waals surface area (Å²) in [6.45, 7) is 0.727. The average molecular weight is 378 g/mol. The summed E-state index contributed by atoms with van der Waals surface area (Å²) in [5.41, 5.74) is 0.624. The number of benzene rings is 1. The van der Waals surface area contributed by atoms with Crippen LogP contribution in [0, 0.1) is 0 Å². The van der Waals surface area contributed by atoms with Gasteiger partial charge in [0.15, 0.2) is 6.29 Å². The zero-order chi connectivity index (χ0) is 15.2. The number of hydrogen-bond acceptors (Lipinski definition) is 5. The van der Waals surface area contributed by atoms with Gasteiger partial charge in [-0.25, -0.2) is 0 Å². The molecule has 0 spiro atoms. The lowest BCUT2D eigenvalue weighted by Crippen LogP contribution is -2.25. The van der Waals surface area contributed by atoms with Crippen LogP contribution in [0.2, 0.25) is 0 Å². The van der Waals surface area contributed by atoms with Gasteiger partial charge in [0.1, 0.15) is 5.75 Å². The van der Waals surface area contributed by atoms with Crippen LogP contribution in [0.4, 0.5) is 0 Å². The van der Waals surface area contributed by atoms with Gasteiger partial charge in [-0.15, -0.1) is 0 Å². The summed E-state index contributed by atoms with van der Waals surface area (Å²) >= 11 is 1.10. The van der Waals surface area contributed by atoms with E-state index in [2.05, 4.69) is 15.9 Å². The molecule has 3 unspecified atom stereocenters. The summed E-state index contributed by atoms with van der Waals surface area (Å²) in [5, 5.41) is -0.764. The second kappa shape index (κ2) is 8.24. The molecule has 1 aliphatic heterocycles. The van der Waals surface area contributed by atoms with Gasteiger partial charge in [-0.1, -0.05) is 12.1 Å². The Balaban J connectivity index is 2.09. The molecule has 0 saturated carbocycles. The molecule has 1 aliphatic rings. The Morgan fingerprint density at radius 1 is 1.52 bits per heavy atom. The van der Waals surface area contributed by atoms with Crippen molar-refractivity contribution in [1.29, 1.82) is 0 Å². The molecule has 1 aromatic rings. The van der Waals surface area contributed by atoms with E-state index in [0.29, 0.717) is 22.4 Å². The van der Waals surface area contributed by atoms with Crippen molar-refractivity contribution in [3.63, 3.8) is 0 Å².